The van der Waals surface area contributed by atoms with Crippen LogP contribution in [0.15, 0.2) is 29.4 Å². The molecule has 1 aliphatic rings. The lowest BCUT2D eigenvalue weighted by Gasteiger charge is -2.12. The normalized spacial score (nSPS) is 18.1. The van der Waals surface area contributed by atoms with Gasteiger partial charge in [0.1, 0.15) is 4.32 Å². The summed E-state index contributed by atoms with van der Waals surface area (Å²) in [5, 5.41) is 0. The Morgan fingerprint density at radius 1 is 1.50 bits per heavy atom. The molecule has 2 heterocycles. The standard InChI is InChI=1S/C11H10N2O4S3/c14-10-9(6-8-2-1-3-12-7-8)19-11(18)13(10)4-5-20(15,16)17/h1-3,6-7H,4-5H2,(H,15,16,17)/b9-6-. The van der Waals surface area contributed by atoms with Crippen molar-refractivity contribution >= 4 is 50.4 Å². The van der Waals surface area contributed by atoms with Crippen molar-refractivity contribution in [1.29, 1.82) is 0 Å². The van der Waals surface area contributed by atoms with Gasteiger partial charge in [0.15, 0.2) is 0 Å². The summed E-state index contributed by atoms with van der Waals surface area (Å²) in [6, 6.07) is 3.53. The molecular weight excluding hydrogens is 320 g/mol. The molecule has 0 atom stereocenters. The van der Waals surface area contributed by atoms with Gasteiger partial charge in [-0.25, -0.2) is 0 Å². The van der Waals surface area contributed by atoms with Gasteiger partial charge >= 0.3 is 0 Å². The second kappa shape index (κ2) is 6.00. The van der Waals surface area contributed by atoms with E-state index in [1.807, 2.05) is 0 Å². The van der Waals surface area contributed by atoms with E-state index in [0.717, 1.165) is 22.2 Å². The Balaban J connectivity index is 2.15. The fourth-order valence-corrected chi connectivity index (χ4v) is 3.23. The molecule has 6 nitrogen and oxygen atoms in total. The number of amides is 1. The summed E-state index contributed by atoms with van der Waals surface area (Å²) < 4.78 is 30.4. The minimum atomic E-state index is -4.13. The van der Waals surface area contributed by atoms with E-state index in [9.17, 15) is 13.2 Å². The number of hydrogen-bond acceptors (Lipinski definition) is 6. The average Bonchev–Trinajstić information content (AvgIpc) is 2.63. The number of hydrogen-bond donors (Lipinski definition) is 1. The first kappa shape index (κ1) is 15.1. The number of pyridine rings is 1. The highest BCUT2D eigenvalue weighted by molar-refractivity contribution is 8.26. The van der Waals surface area contributed by atoms with E-state index in [4.69, 9.17) is 16.8 Å². The van der Waals surface area contributed by atoms with E-state index in [2.05, 4.69) is 4.98 Å². The van der Waals surface area contributed by atoms with Gasteiger partial charge in [-0.3, -0.25) is 19.2 Å². The van der Waals surface area contributed by atoms with Crippen LogP contribution >= 0.6 is 24.0 Å². The summed E-state index contributed by atoms with van der Waals surface area (Å²) in [5.41, 5.74) is 0.753. The van der Waals surface area contributed by atoms with Crippen LogP contribution < -0.4 is 0 Å². The summed E-state index contributed by atoms with van der Waals surface area (Å²) in [6.07, 6.45) is 4.86. The Bertz CT molecular complexity index is 670. The minimum absolute atomic E-state index is 0.159. The largest absolute Gasteiger partial charge is 0.292 e. The van der Waals surface area contributed by atoms with Gasteiger partial charge in [-0.15, -0.1) is 0 Å². The molecular formula is C11H10N2O4S3. The number of carbonyl (C=O) groups excluding carboxylic acids is 1. The molecule has 1 fully saturated rings. The van der Waals surface area contributed by atoms with E-state index < -0.39 is 15.9 Å². The Morgan fingerprint density at radius 2 is 2.25 bits per heavy atom. The van der Waals surface area contributed by atoms with Crippen molar-refractivity contribution in [3.63, 3.8) is 0 Å². The van der Waals surface area contributed by atoms with Gasteiger partial charge in [0.25, 0.3) is 16.0 Å². The van der Waals surface area contributed by atoms with E-state index >= 15 is 0 Å². The van der Waals surface area contributed by atoms with Crippen LogP contribution in [0.3, 0.4) is 0 Å². The summed E-state index contributed by atoms with van der Waals surface area (Å²) in [6.45, 7) is -0.159. The number of thioether (sulfide) groups is 1. The molecule has 20 heavy (non-hydrogen) atoms. The number of nitrogens with zero attached hydrogens (tertiary/aromatic N) is 2. The van der Waals surface area contributed by atoms with Crippen molar-refractivity contribution in [3.05, 3.63) is 35.0 Å². The predicted molar refractivity (Wildman–Crippen MR) is 80.5 cm³/mol. The van der Waals surface area contributed by atoms with E-state index in [1.54, 1.807) is 30.6 Å². The molecule has 0 radical (unpaired) electrons. The van der Waals surface area contributed by atoms with Crippen LogP contribution in [0.2, 0.25) is 0 Å². The van der Waals surface area contributed by atoms with Crippen molar-refractivity contribution in [2.75, 3.05) is 12.3 Å². The SMILES string of the molecule is O=C1/C(=C/c2cccnc2)SC(=S)N1CCS(=O)(=O)O. The van der Waals surface area contributed by atoms with Crippen molar-refractivity contribution in [2.24, 2.45) is 0 Å². The third-order valence-corrected chi connectivity index (χ3v) is 4.50. The van der Waals surface area contributed by atoms with Crippen molar-refractivity contribution < 1.29 is 17.8 Å². The van der Waals surface area contributed by atoms with Crippen molar-refractivity contribution in [1.82, 2.24) is 9.88 Å². The average molecular weight is 330 g/mol. The molecule has 1 aliphatic heterocycles. The first-order chi connectivity index (χ1) is 9.37. The van der Waals surface area contributed by atoms with E-state index in [1.165, 1.54) is 0 Å². The Morgan fingerprint density at radius 3 is 2.85 bits per heavy atom. The fraction of sp³-hybridized carbons (Fsp3) is 0.182. The minimum Gasteiger partial charge on any atom is -0.292 e. The molecule has 0 spiro atoms. The lowest BCUT2D eigenvalue weighted by molar-refractivity contribution is -0.121. The molecule has 9 heteroatoms. The third kappa shape index (κ3) is 3.85. The maximum absolute atomic E-state index is 12.1. The van der Waals surface area contributed by atoms with Crippen LogP contribution in [0.5, 0.6) is 0 Å². The van der Waals surface area contributed by atoms with Crippen LogP contribution in [0.4, 0.5) is 0 Å². The van der Waals surface area contributed by atoms with Gasteiger partial charge in [-0.05, 0) is 17.7 Å². The molecule has 1 amide bonds. The van der Waals surface area contributed by atoms with Crippen LogP contribution in [0.1, 0.15) is 5.56 Å². The first-order valence-electron chi connectivity index (χ1n) is 5.47. The van der Waals surface area contributed by atoms with Gasteiger partial charge in [0, 0.05) is 18.9 Å². The van der Waals surface area contributed by atoms with Gasteiger partial charge in [0.05, 0.1) is 10.7 Å². The molecule has 0 saturated carbocycles. The molecule has 0 bridgehead atoms. The highest BCUT2D eigenvalue weighted by Gasteiger charge is 2.32. The smallest absolute Gasteiger partial charge is 0.266 e. The predicted octanol–water partition coefficient (Wildman–Crippen LogP) is 1.17. The second-order valence-electron chi connectivity index (χ2n) is 3.91. The summed E-state index contributed by atoms with van der Waals surface area (Å²) in [5.74, 6) is -0.910. The molecule has 1 saturated heterocycles. The highest BCUT2D eigenvalue weighted by atomic mass is 32.2. The molecule has 1 N–H and O–H groups in total. The van der Waals surface area contributed by atoms with Gasteiger partial charge < -0.3 is 0 Å². The molecule has 0 aliphatic carbocycles. The maximum Gasteiger partial charge on any atom is 0.266 e. The highest BCUT2D eigenvalue weighted by Crippen LogP contribution is 2.32. The third-order valence-electron chi connectivity index (χ3n) is 2.43. The lowest BCUT2D eigenvalue weighted by Crippen LogP contribution is -2.32. The maximum atomic E-state index is 12.1. The number of carbonyl (C=O) groups is 1. The zero-order valence-electron chi connectivity index (χ0n) is 10.1. The number of thiocarbonyl (C=S) groups is 1. The number of aromatic nitrogens is 1. The molecule has 1 aromatic heterocycles. The van der Waals surface area contributed by atoms with Gasteiger partial charge in [-0.1, -0.05) is 30.0 Å². The molecule has 1 aromatic rings. The van der Waals surface area contributed by atoms with Gasteiger partial charge in [0.2, 0.25) is 0 Å². The molecule has 106 valence electrons. The van der Waals surface area contributed by atoms with Gasteiger partial charge in [-0.2, -0.15) is 8.42 Å². The summed E-state index contributed by atoms with van der Waals surface area (Å²) in [4.78, 5) is 17.6. The van der Waals surface area contributed by atoms with Crippen LogP contribution in [-0.2, 0) is 14.9 Å². The zero-order chi connectivity index (χ0) is 14.8. The number of rotatable bonds is 4. The molecule has 0 aromatic carbocycles. The van der Waals surface area contributed by atoms with Crippen LogP contribution in [0, 0.1) is 0 Å². The Kier molecular flexibility index (Phi) is 4.53. The van der Waals surface area contributed by atoms with E-state index in [-0.39, 0.29) is 16.8 Å². The van der Waals surface area contributed by atoms with E-state index in [0.29, 0.717) is 4.91 Å². The summed E-state index contributed by atoms with van der Waals surface area (Å²) in [7, 11) is -4.13. The lowest BCUT2D eigenvalue weighted by atomic mass is 10.2. The van der Waals surface area contributed by atoms with Crippen molar-refractivity contribution in [3.8, 4) is 0 Å². The zero-order valence-corrected chi connectivity index (χ0v) is 12.5. The Labute approximate surface area is 125 Å². The Hall–Kier alpha value is -1.29. The van der Waals surface area contributed by atoms with Crippen LogP contribution in [-0.4, -0.2) is 45.4 Å². The summed E-state index contributed by atoms with van der Waals surface area (Å²) >= 11 is 6.13. The topological polar surface area (TPSA) is 87.6 Å². The quantitative estimate of drug-likeness (QED) is 0.504. The monoisotopic (exact) mass is 330 g/mol. The van der Waals surface area contributed by atoms with Crippen molar-refractivity contribution in [2.45, 2.75) is 0 Å². The molecule has 2 rings (SSSR count). The first-order valence-corrected chi connectivity index (χ1v) is 8.31. The fourth-order valence-electron chi connectivity index (χ4n) is 1.51. The molecule has 0 unspecified atom stereocenters. The van der Waals surface area contributed by atoms with Crippen LogP contribution in [0.25, 0.3) is 6.08 Å². The second-order valence-corrected chi connectivity index (χ2v) is 7.15.